The van der Waals surface area contributed by atoms with Crippen molar-refractivity contribution in [1.29, 1.82) is 0 Å². The Morgan fingerprint density at radius 1 is 1.10 bits per heavy atom. The van der Waals surface area contributed by atoms with Gasteiger partial charge in [0.2, 0.25) is 5.82 Å². The normalized spacial score (nSPS) is 19.5. The predicted octanol–water partition coefficient (Wildman–Crippen LogP) is 1.20. The van der Waals surface area contributed by atoms with Crippen molar-refractivity contribution < 1.29 is 4.79 Å². The van der Waals surface area contributed by atoms with Crippen molar-refractivity contribution in [2.45, 2.75) is 57.5 Å². The molecule has 1 aliphatic heterocycles. The number of piperidine rings is 1. The summed E-state index contributed by atoms with van der Waals surface area (Å²) in [5.41, 5.74) is 2.20. The zero-order valence-corrected chi connectivity index (χ0v) is 16.7. The standard InChI is InChI=1S/C21H28N6O2/c28-19-14-16-6-1-2-8-18(16)25-27(19)13-12-26-11-4-3-7-17(26)15-24-21(29)20-22-9-5-10-23-20/h5,9-10,14,17H,1-4,6-8,11-13,15H2,(H,24,29). The summed E-state index contributed by atoms with van der Waals surface area (Å²) in [6.07, 6.45) is 10.7. The molecule has 2 aromatic rings. The smallest absolute Gasteiger partial charge is 0.289 e. The van der Waals surface area contributed by atoms with E-state index in [1.54, 1.807) is 29.2 Å². The molecule has 154 valence electrons. The molecule has 2 aromatic heterocycles. The van der Waals surface area contributed by atoms with Crippen LogP contribution < -0.4 is 10.9 Å². The minimum atomic E-state index is -0.247. The van der Waals surface area contributed by atoms with Crippen LogP contribution in [0.3, 0.4) is 0 Å². The number of likely N-dealkylation sites (tertiary alicyclic amines) is 1. The molecule has 8 nitrogen and oxygen atoms in total. The number of nitrogens with zero attached hydrogens (tertiary/aromatic N) is 5. The lowest BCUT2D eigenvalue weighted by molar-refractivity contribution is 0.0899. The maximum Gasteiger partial charge on any atom is 0.289 e. The van der Waals surface area contributed by atoms with E-state index in [2.05, 4.69) is 25.3 Å². The van der Waals surface area contributed by atoms with Crippen LogP contribution in [0.1, 0.15) is 54.0 Å². The maximum atomic E-state index is 12.4. The Kier molecular flexibility index (Phi) is 6.29. The number of rotatable bonds is 6. The summed E-state index contributed by atoms with van der Waals surface area (Å²) >= 11 is 0. The average Bonchev–Trinajstić information content (AvgIpc) is 2.77. The second-order valence-corrected chi connectivity index (χ2v) is 7.85. The van der Waals surface area contributed by atoms with Gasteiger partial charge in [-0.25, -0.2) is 14.6 Å². The summed E-state index contributed by atoms with van der Waals surface area (Å²) in [5, 5.41) is 7.59. The van der Waals surface area contributed by atoms with Gasteiger partial charge in [-0.15, -0.1) is 0 Å². The Bertz CT molecular complexity index is 898. The molecule has 4 rings (SSSR count). The number of fused-ring (bicyclic) bond motifs is 1. The fraction of sp³-hybridized carbons (Fsp3) is 0.571. The number of hydrogen-bond donors (Lipinski definition) is 1. The largest absolute Gasteiger partial charge is 0.348 e. The molecule has 1 atom stereocenters. The van der Waals surface area contributed by atoms with Crippen molar-refractivity contribution >= 4 is 5.91 Å². The molecule has 29 heavy (non-hydrogen) atoms. The number of carbonyl (C=O) groups is 1. The number of aryl methyl sites for hydroxylation is 2. The Balaban J connectivity index is 1.36. The van der Waals surface area contributed by atoms with Crippen LogP contribution in [0.2, 0.25) is 0 Å². The highest BCUT2D eigenvalue weighted by atomic mass is 16.2. The van der Waals surface area contributed by atoms with E-state index in [4.69, 9.17) is 0 Å². The van der Waals surface area contributed by atoms with Crippen molar-refractivity contribution in [3.63, 3.8) is 0 Å². The number of aromatic nitrogens is 4. The number of nitrogens with one attached hydrogen (secondary N) is 1. The number of carbonyl (C=O) groups excluding carboxylic acids is 1. The lowest BCUT2D eigenvalue weighted by Crippen LogP contribution is -2.48. The lowest BCUT2D eigenvalue weighted by Gasteiger charge is -2.35. The van der Waals surface area contributed by atoms with E-state index in [-0.39, 0.29) is 23.3 Å². The minimum absolute atomic E-state index is 0.00580. The van der Waals surface area contributed by atoms with Crippen LogP contribution in [0.4, 0.5) is 0 Å². The van der Waals surface area contributed by atoms with Gasteiger partial charge in [0.15, 0.2) is 0 Å². The van der Waals surface area contributed by atoms with E-state index in [9.17, 15) is 9.59 Å². The molecule has 0 saturated carbocycles. The summed E-state index contributed by atoms with van der Waals surface area (Å²) in [7, 11) is 0. The molecule has 0 radical (unpaired) electrons. The van der Waals surface area contributed by atoms with E-state index >= 15 is 0 Å². The van der Waals surface area contributed by atoms with Crippen molar-refractivity contribution in [3.8, 4) is 0 Å². The number of amides is 1. The van der Waals surface area contributed by atoms with E-state index in [1.807, 2.05) is 0 Å². The van der Waals surface area contributed by atoms with Crippen LogP contribution in [-0.4, -0.2) is 56.2 Å². The third-order valence-corrected chi connectivity index (χ3v) is 5.89. The van der Waals surface area contributed by atoms with Gasteiger partial charge in [0.25, 0.3) is 11.5 Å². The van der Waals surface area contributed by atoms with Crippen molar-refractivity contribution in [3.05, 3.63) is 52.0 Å². The van der Waals surface area contributed by atoms with Gasteiger partial charge in [-0.05, 0) is 56.7 Å². The first-order valence-electron chi connectivity index (χ1n) is 10.6. The van der Waals surface area contributed by atoms with Gasteiger partial charge in [0.05, 0.1) is 12.2 Å². The highest BCUT2D eigenvalue weighted by Crippen LogP contribution is 2.18. The molecular weight excluding hydrogens is 368 g/mol. The summed E-state index contributed by atoms with van der Waals surface area (Å²) in [5.74, 6) is -0.0524. The van der Waals surface area contributed by atoms with Crippen LogP contribution in [0, 0.1) is 0 Å². The quantitative estimate of drug-likeness (QED) is 0.789. The third-order valence-electron chi connectivity index (χ3n) is 5.89. The summed E-state index contributed by atoms with van der Waals surface area (Å²) in [6.45, 7) is 2.87. The SMILES string of the molecule is O=C(NCC1CCCCN1CCn1nc2c(cc1=O)CCCC2)c1ncccn1. The molecule has 1 unspecified atom stereocenters. The third kappa shape index (κ3) is 4.87. The van der Waals surface area contributed by atoms with Gasteiger partial charge in [-0.2, -0.15) is 5.10 Å². The molecule has 1 amide bonds. The monoisotopic (exact) mass is 396 g/mol. The Labute approximate surface area is 170 Å². The second-order valence-electron chi connectivity index (χ2n) is 7.85. The van der Waals surface area contributed by atoms with Gasteiger partial charge in [0.1, 0.15) is 0 Å². The predicted molar refractivity (Wildman–Crippen MR) is 109 cm³/mol. The summed E-state index contributed by atoms with van der Waals surface area (Å²) in [4.78, 5) is 35.0. The lowest BCUT2D eigenvalue weighted by atomic mass is 9.97. The van der Waals surface area contributed by atoms with E-state index < -0.39 is 0 Å². The molecule has 1 saturated heterocycles. The zero-order chi connectivity index (χ0) is 20.1. The molecule has 1 N–H and O–H groups in total. The van der Waals surface area contributed by atoms with Crippen molar-refractivity contribution in [1.82, 2.24) is 30.0 Å². The first-order chi connectivity index (χ1) is 14.2. The molecule has 2 aliphatic rings. The van der Waals surface area contributed by atoms with Gasteiger partial charge in [-0.1, -0.05) is 6.42 Å². The molecule has 3 heterocycles. The fourth-order valence-electron chi connectivity index (χ4n) is 4.28. The van der Waals surface area contributed by atoms with Crippen LogP contribution >= 0.6 is 0 Å². The van der Waals surface area contributed by atoms with E-state index in [0.29, 0.717) is 13.1 Å². The highest BCUT2D eigenvalue weighted by Gasteiger charge is 2.23. The molecule has 0 spiro atoms. The Morgan fingerprint density at radius 2 is 1.93 bits per heavy atom. The van der Waals surface area contributed by atoms with Gasteiger partial charge in [0, 0.05) is 37.6 Å². The average molecular weight is 396 g/mol. The zero-order valence-electron chi connectivity index (χ0n) is 16.7. The van der Waals surface area contributed by atoms with E-state index in [1.165, 1.54) is 0 Å². The van der Waals surface area contributed by atoms with Gasteiger partial charge in [-0.3, -0.25) is 14.5 Å². The maximum absolute atomic E-state index is 12.4. The van der Waals surface area contributed by atoms with Crippen LogP contribution in [0.25, 0.3) is 0 Å². The van der Waals surface area contributed by atoms with Crippen LogP contribution in [0.15, 0.2) is 29.3 Å². The topological polar surface area (TPSA) is 93.0 Å². The summed E-state index contributed by atoms with van der Waals surface area (Å²) < 4.78 is 1.62. The van der Waals surface area contributed by atoms with Crippen LogP contribution in [0.5, 0.6) is 0 Å². The number of hydrogen-bond acceptors (Lipinski definition) is 6. The molecule has 1 fully saturated rings. The first-order valence-corrected chi connectivity index (χ1v) is 10.6. The van der Waals surface area contributed by atoms with Gasteiger partial charge < -0.3 is 5.32 Å². The molecule has 0 aromatic carbocycles. The van der Waals surface area contributed by atoms with Crippen molar-refractivity contribution in [2.24, 2.45) is 0 Å². The van der Waals surface area contributed by atoms with Crippen molar-refractivity contribution in [2.75, 3.05) is 19.6 Å². The fourth-order valence-corrected chi connectivity index (χ4v) is 4.28. The Morgan fingerprint density at radius 3 is 2.79 bits per heavy atom. The van der Waals surface area contributed by atoms with Crippen LogP contribution in [-0.2, 0) is 19.4 Å². The molecule has 1 aliphatic carbocycles. The second kappa shape index (κ2) is 9.26. The minimum Gasteiger partial charge on any atom is -0.348 e. The summed E-state index contributed by atoms with van der Waals surface area (Å²) in [6, 6.07) is 3.72. The van der Waals surface area contributed by atoms with Gasteiger partial charge >= 0.3 is 0 Å². The first kappa shape index (κ1) is 19.7. The highest BCUT2D eigenvalue weighted by molar-refractivity contribution is 5.90. The molecular formula is C21H28N6O2. The molecule has 8 heteroatoms. The van der Waals surface area contributed by atoms with E-state index in [0.717, 1.165) is 69.3 Å². The Hall–Kier alpha value is -2.61. The molecule has 0 bridgehead atoms.